The van der Waals surface area contributed by atoms with Crippen molar-refractivity contribution in [2.24, 2.45) is 16.8 Å². The number of aliphatic imine (C=N–C) groups is 1. The van der Waals surface area contributed by atoms with E-state index < -0.39 is 0 Å². The lowest BCUT2D eigenvalue weighted by Gasteiger charge is -2.32. The topological polar surface area (TPSA) is 67.1 Å². The highest BCUT2D eigenvalue weighted by Crippen LogP contribution is 2.31. The molecule has 0 amide bonds. The molecule has 0 spiro atoms. The van der Waals surface area contributed by atoms with Crippen LogP contribution in [-0.4, -0.2) is 40.4 Å². The fourth-order valence-corrected chi connectivity index (χ4v) is 4.79. The molecule has 1 aromatic rings. The lowest BCUT2D eigenvalue weighted by molar-refractivity contribution is 0.229. The Bertz CT molecular complexity index is 617. The number of nitrogens with one attached hydrogen (secondary N) is 2. The largest absolute Gasteiger partial charge is 0.356 e. The summed E-state index contributed by atoms with van der Waals surface area (Å²) in [4.78, 5) is 4.43. The molecule has 1 aromatic heterocycles. The second kappa shape index (κ2) is 10.8. The Kier molecular flexibility index (Phi) is 8.16. The molecule has 0 radical (unpaired) electrons. The standard InChI is InChI=1S/C22H40N6/c1-17(19-11-6-4-7-12-19)18(2)25-22(23-3)24-15-10-14-21-27-26-20-13-8-5-9-16-28(20)21/h17-19H,4-16H2,1-3H3,(H2,23,24,25). The van der Waals surface area contributed by atoms with Gasteiger partial charge in [0.25, 0.3) is 0 Å². The van der Waals surface area contributed by atoms with Gasteiger partial charge in [0, 0.05) is 39.0 Å². The van der Waals surface area contributed by atoms with Crippen molar-refractivity contribution < 1.29 is 0 Å². The average Bonchev–Trinajstić information content (AvgIpc) is 2.95. The number of hydrogen-bond acceptors (Lipinski definition) is 3. The summed E-state index contributed by atoms with van der Waals surface area (Å²) in [6.45, 7) is 6.70. The van der Waals surface area contributed by atoms with Crippen molar-refractivity contribution in [1.29, 1.82) is 0 Å². The molecule has 2 unspecified atom stereocenters. The zero-order valence-electron chi connectivity index (χ0n) is 18.2. The molecule has 0 bridgehead atoms. The summed E-state index contributed by atoms with van der Waals surface area (Å²) in [5.41, 5.74) is 0. The molecule has 28 heavy (non-hydrogen) atoms. The molecule has 1 aliphatic carbocycles. The van der Waals surface area contributed by atoms with Crippen LogP contribution >= 0.6 is 0 Å². The van der Waals surface area contributed by atoms with Crippen LogP contribution in [-0.2, 0) is 19.4 Å². The van der Waals surface area contributed by atoms with E-state index >= 15 is 0 Å². The summed E-state index contributed by atoms with van der Waals surface area (Å²) in [5, 5.41) is 16.0. The number of hydrogen-bond donors (Lipinski definition) is 2. The van der Waals surface area contributed by atoms with Gasteiger partial charge in [0.2, 0.25) is 0 Å². The Morgan fingerprint density at radius 1 is 1.11 bits per heavy atom. The highest BCUT2D eigenvalue weighted by atomic mass is 15.3. The van der Waals surface area contributed by atoms with E-state index in [4.69, 9.17) is 0 Å². The molecule has 3 rings (SSSR count). The number of guanidine groups is 1. The first-order chi connectivity index (χ1) is 13.7. The number of aryl methyl sites for hydroxylation is 2. The first-order valence-electron chi connectivity index (χ1n) is 11.6. The van der Waals surface area contributed by atoms with Gasteiger partial charge in [-0.05, 0) is 38.0 Å². The molecule has 2 aliphatic rings. The van der Waals surface area contributed by atoms with Crippen LogP contribution in [0.3, 0.4) is 0 Å². The normalized spacial score (nSPS) is 20.9. The fourth-order valence-electron chi connectivity index (χ4n) is 4.79. The van der Waals surface area contributed by atoms with Crippen molar-refractivity contribution in [2.75, 3.05) is 13.6 Å². The van der Waals surface area contributed by atoms with Crippen molar-refractivity contribution in [3.05, 3.63) is 11.6 Å². The van der Waals surface area contributed by atoms with Crippen LogP contribution in [0, 0.1) is 11.8 Å². The van der Waals surface area contributed by atoms with Gasteiger partial charge >= 0.3 is 0 Å². The predicted octanol–water partition coefficient (Wildman–Crippen LogP) is 3.71. The predicted molar refractivity (Wildman–Crippen MR) is 116 cm³/mol. The van der Waals surface area contributed by atoms with Gasteiger partial charge in [-0.25, -0.2) is 0 Å². The molecule has 1 aliphatic heterocycles. The molecule has 1 fully saturated rings. The molecule has 1 saturated carbocycles. The molecular formula is C22H40N6. The highest BCUT2D eigenvalue weighted by Gasteiger charge is 2.25. The summed E-state index contributed by atoms with van der Waals surface area (Å²) < 4.78 is 2.36. The van der Waals surface area contributed by atoms with E-state index in [0.717, 1.165) is 50.1 Å². The molecule has 2 heterocycles. The summed E-state index contributed by atoms with van der Waals surface area (Å²) >= 11 is 0. The molecular weight excluding hydrogens is 348 g/mol. The van der Waals surface area contributed by atoms with Gasteiger partial charge in [-0.2, -0.15) is 0 Å². The zero-order valence-corrected chi connectivity index (χ0v) is 18.2. The molecule has 6 nitrogen and oxygen atoms in total. The summed E-state index contributed by atoms with van der Waals surface area (Å²) in [5.74, 6) is 4.81. The first kappa shape index (κ1) is 21.1. The van der Waals surface area contributed by atoms with Crippen molar-refractivity contribution in [3.63, 3.8) is 0 Å². The van der Waals surface area contributed by atoms with Gasteiger partial charge in [-0.15, -0.1) is 10.2 Å². The maximum absolute atomic E-state index is 4.44. The SMILES string of the molecule is CN=C(NCCCc1nnc2n1CCCCC2)NC(C)C(C)C1CCCCC1. The van der Waals surface area contributed by atoms with Gasteiger partial charge in [0.1, 0.15) is 11.6 Å². The number of nitrogens with zero attached hydrogens (tertiary/aromatic N) is 4. The third kappa shape index (κ3) is 5.71. The third-order valence-electron chi connectivity index (χ3n) is 6.83. The Hall–Kier alpha value is -1.59. The highest BCUT2D eigenvalue weighted by molar-refractivity contribution is 5.79. The van der Waals surface area contributed by atoms with Crippen LogP contribution in [0.25, 0.3) is 0 Å². The number of rotatable bonds is 7. The van der Waals surface area contributed by atoms with E-state index in [1.165, 1.54) is 57.2 Å². The fraction of sp³-hybridized carbons (Fsp3) is 0.864. The van der Waals surface area contributed by atoms with Crippen molar-refractivity contribution in [2.45, 2.75) is 97.1 Å². The van der Waals surface area contributed by atoms with Crippen LogP contribution < -0.4 is 10.6 Å². The quantitative estimate of drug-likeness (QED) is 0.424. The number of aromatic nitrogens is 3. The molecule has 6 heteroatoms. The average molecular weight is 389 g/mol. The Morgan fingerprint density at radius 3 is 2.68 bits per heavy atom. The van der Waals surface area contributed by atoms with E-state index in [0.29, 0.717) is 12.0 Å². The van der Waals surface area contributed by atoms with Crippen molar-refractivity contribution in [1.82, 2.24) is 25.4 Å². The first-order valence-corrected chi connectivity index (χ1v) is 11.6. The van der Waals surface area contributed by atoms with Crippen LogP contribution in [0.2, 0.25) is 0 Å². The molecule has 2 atom stereocenters. The van der Waals surface area contributed by atoms with Gasteiger partial charge in [0.05, 0.1) is 0 Å². The maximum atomic E-state index is 4.44. The summed E-state index contributed by atoms with van der Waals surface area (Å²) in [6, 6.07) is 0.446. The smallest absolute Gasteiger partial charge is 0.191 e. The minimum atomic E-state index is 0.446. The van der Waals surface area contributed by atoms with Crippen LogP contribution in [0.5, 0.6) is 0 Å². The van der Waals surface area contributed by atoms with Crippen LogP contribution in [0.1, 0.15) is 83.3 Å². The summed E-state index contributed by atoms with van der Waals surface area (Å²) in [7, 11) is 1.87. The van der Waals surface area contributed by atoms with Gasteiger partial charge in [-0.3, -0.25) is 4.99 Å². The lowest BCUT2D eigenvalue weighted by Crippen LogP contribution is -2.46. The van der Waals surface area contributed by atoms with E-state index in [1.54, 1.807) is 0 Å². The van der Waals surface area contributed by atoms with Crippen molar-refractivity contribution in [3.8, 4) is 0 Å². The molecule has 0 aromatic carbocycles. The minimum absolute atomic E-state index is 0.446. The van der Waals surface area contributed by atoms with Gasteiger partial charge < -0.3 is 15.2 Å². The Morgan fingerprint density at radius 2 is 1.89 bits per heavy atom. The van der Waals surface area contributed by atoms with Crippen LogP contribution in [0.15, 0.2) is 4.99 Å². The van der Waals surface area contributed by atoms with Gasteiger partial charge in [0.15, 0.2) is 5.96 Å². The molecule has 2 N–H and O–H groups in total. The number of fused-ring (bicyclic) bond motifs is 1. The van der Waals surface area contributed by atoms with Crippen molar-refractivity contribution >= 4 is 5.96 Å². The van der Waals surface area contributed by atoms with E-state index in [-0.39, 0.29) is 0 Å². The Balaban J connectivity index is 1.40. The summed E-state index contributed by atoms with van der Waals surface area (Å²) in [6.07, 6.45) is 13.9. The minimum Gasteiger partial charge on any atom is -0.356 e. The monoisotopic (exact) mass is 388 g/mol. The maximum Gasteiger partial charge on any atom is 0.191 e. The Labute approximate surface area is 171 Å². The van der Waals surface area contributed by atoms with E-state index in [1.807, 2.05) is 7.05 Å². The van der Waals surface area contributed by atoms with E-state index in [9.17, 15) is 0 Å². The zero-order chi connectivity index (χ0) is 19.8. The third-order valence-corrected chi connectivity index (χ3v) is 6.83. The lowest BCUT2D eigenvalue weighted by atomic mass is 9.78. The second-order valence-corrected chi connectivity index (χ2v) is 8.79. The van der Waals surface area contributed by atoms with Crippen LogP contribution in [0.4, 0.5) is 0 Å². The van der Waals surface area contributed by atoms with Gasteiger partial charge in [-0.1, -0.05) is 45.4 Å². The van der Waals surface area contributed by atoms with E-state index in [2.05, 4.69) is 44.2 Å². The second-order valence-electron chi connectivity index (χ2n) is 8.79. The molecule has 0 saturated heterocycles. The molecule has 158 valence electrons.